The highest BCUT2D eigenvalue weighted by molar-refractivity contribution is 6.30. The van der Waals surface area contributed by atoms with Gasteiger partial charge in [-0.05, 0) is 18.2 Å². The van der Waals surface area contributed by atoms with E-state index in [0.29, 0.717) is 5.69 Å². The summed E-state index contributed by atoms with van der Waals surface area (Å²) in [6, 6.07) is 2.86. The number of carbonyl (C=O) groups is 3. The van der Waals surface area contributed by atoms with Gasteiger partial charge in [0.2, 0.25) is 0 Å². The summed E-state index contributed by atoms with van der Waals surface area (Å²) >= 11 is 0. The molecule has 2 heterocycles. The number of barbiturate groups is 1. The van der Waals surface area contributed by atoms with Crippen LogP contribution in [-0.4, -0.2) is 34.4 Å². The second-order valence-electron chi connectivity index (χ2n) is 3.73. The lowest BCUT2D eigenvalue weighted by Gasteiger charge is -2.22. The molecule has 0 radical (unpaired) electrons. The summed E-state index contributed by atoms with van der Waals surface area (Å²) in [5, 5.41) is 2.09. The number of imide groups is 2. The fourth-order valence-corrected chi connectivity index (χ4v) is 1.52. The van der Waals surface area contributed by atoms with Crippen LogP contribution in [0.2, 0.25) is 0 Å². The molecule has 0 spiro atoms. The standard InChI is InChI=1S/C11H11N3O3/c1-13-5-3-4-7(13)6-8-9(15)12-11(17)14(2)10(8)16/h3-6H,1-2H3,(H,12,15,17)/b8-6-. The first-order valence-electron chi connectivity index (χ1n) is 4.97. The average molecular weight is 233 g/mol. The lowest BCUT2D eigenvalue weighted by Crippen LogP contribution is -2.52. The molecular weight excluding hydrogens is 222 g/mol. The van der Waals surface area contributed by atoms with E-state index in [0.717, 1.165) is 4.90 Å². The first-order valence-corrected chi connectivity index (χ1v) is 4.97. The first kappa shape index (κ1) is 11.1. The molecule has 4 amide bonds. The summed E-state index contributed by atoms with van der Waals surface area (Å²) in [7, 11) is 3.12. The van der Waals surface area contributed by atoms with Crippen molar-refractivity contribution in [3.05, 3.63) is 29.6 Å². The van der Waals surface area contributed by atoms with E-state index in [1.54, 1.807) is 29.9 Å². The van der Waals surface area contributed by atoms with E-state index in [1.165, 1.54) is 13.1 Å². The quantitative estimate of drug-likeness (QED) is 0.553. The topological polar surface area (TPSA) is 71.4 Å². The number of rotatable bonds is 1. The molecule has 6 heteroatoms. The highest BCUT2D eigenvalue weighted by Crippen LogP contribution is 2.13. The number of likely N-dealkylation sites (N-methyl/N-ethyl adjacent to an activating group) is 1. The highest BCUT2D eigenvalue weighted by Gasteiger charge is 2.33. The number of aryl methyl sites for hydroxylation is 1. The number of nitrogens with zero attached hydrogens (tertiary/aromatic N) is 2. The zero-order valence-electron chi connectivity index (χ0n) is 9.43. The molecule has 1 aliphatic heterocycles. The van der Waals surface area contributed by atoms with Gasteiger partial charge < -0.3 is 4.57 Å². The van der Waals surface area contributed by atoms with Gasteiger partial charge in [-0.2, -0.15) is 0 Å². The summed E-state index contributed by atoms with van der Waals surface area (Å²) in [5.74, 6) is -1.26. The molecule has 6 nitrogen and oxygen atoms in total. The average Bonchev–Trinajstić information content (AvgIpc) is 2.67. The summed E-state index contributed by atoms with van der Waals surface area (Å²) in [6.07, 6.45) is 3.26. The van der Waals surface area contributed by atoms with Gasteiger partial charge in [0.1, 0.15) is 5.57 Å². The molecule has 0 aliphatic carbocycles. The normalized spacial score (nSPS) is 18.8. The zero-order valence-corrected chi connectivity index (χ0v) is 9.43. The van der Waals surface area contributed by atoms with Gasteiger partial charge in [0.05, 0.1) is 0 Å². The summed E-state index contributed by atoms with van der Waals surface area (Å²) in [4.78, 5) is 35.3. The maximum atomic E-state index is 11.8. The SMILES string of the molecule is CN1C(=O)NC(=O)/C(=C/c2cccn2C)C1=O. The minimum absolute atomic E-state index is 0.0473. The van der Waals surface area contributed by atoms with Crippen molar-refractivity contribution in [1.82, 2.24) is 14.8 Å². The third-order valence-electron chi connectivity index (χ3n) is 2.58. The van der Waals surface area contributed by atoms with Crippen molar-refractivity contribution in [2.75, 3.05) is 7.05 Å². The number of hydrogen-bond donors (Lipinski definition) is 1. The fourth-order valence-electron chi connectivity index (χ4n) is 1.52. The van der Waals surface area contributed by atoms with Crippen molar-refractivity contribution in [2.45, 2.75) is 0 Å². The van der Waals surface area contributed by atoms with Crippen molar-refractivity contribution in [3.8, 4) is 0 Å². The molecule has 1 saturated heterocycles. The number of amides is 4. The van der Waals surface area contributed by atoms with Gasteiger partial charge in [-0.15, -0.1) is 0 Å². The van der Waals surface area contributed by atoms with Crippen LogP contribution in [0.25, 0.3) is 6.08 Å². The van der Waals surface area contributed by atoms with E-state index in [4.69, 9.17) is 0 Å². The van der Waals surface area contributed by atoms with E-state index >= 15 is 0 Å². The fraction of sp³-hybridized carbons (Fsp3) is 0.182. The Morgan fingerprint density at radius 1 is 1.24 bits per heavy atom. The third-order valence-corrected chi connectivity index (χ3v) is 2.58. The second kappa shape index (κ2) is 3.89. The summed E-state index contributed by atoms with van der Waals surface area (Å²) in [5.41, 5.74) is 0.667. The lowest BCUT2D eigenvalue weighted by molar-refractivity contribution is -0.129. The van der Waals surface area contributed by atoms with Crippen LogP contribution in [0.4, 0.5) is 4.79 Å². The van der Waals surface area contributed by atoms with Crippen molar-refractivity contribution in [1.29, 1.82) is 0 Å². The molecule has 0 unspecified atom stereocenters. The van der Waals surface area contributed by atoms with Gasteiger partial charge >= 0.3 is 6.03 Å². The maximum Gasteiger partial charge on any atom is 0.331 e. The van der Waals surface area contributed by atoms with Crippen molar-refractivity contribution in [2.24, 2.45) is 7.05 Å². The predicted molar refractivity (Wildman–Crippen MR) is 59.7 cm³/mol. The molecule has 88 valence electrons. The van der Waals surface area contributed by atoms with Crippen LogP contribution in [0, 0.1) is 0 Å². The lowest BCUT2D eigenvalue weighted by atomic mass is 10.1. The molecule has 2 rings (SSSR count). The third kappa shape index (κ3) is 1.84. The van der Waals surface area contributed by atoms with E-state index in [9.17, 15) is 14.4 Å². The maximum absolute atomic E-state index is 11.8. The Bertz CT molecular complexity index is 542. The summed E-state index contributed by atoms with van der Waals surface area (Å²) < 4.78 is 1.77. The molecule has 0 bridgehead atoms. The van der Waals surface area contributed by atoms with Crippen LogP contribution in [0.3, 0.4) is 0 Å². The van der Waals surface area contributed by atoms with Crippen LogP contribution in [0.5, 0.6) is 0 Å². The second-order valence-corrected chi connectivity index (χ2v) is 3.73. The molecular formula is C11H11N3O3. The van der Waals surface area contributed by atoms with Gasteiger partial charge in [0, 0.05) is 26.0 Å². The Morgan fingerprint density at radius 3 is 2.53 bits per heavy atom. The zero-order chi connectivity index (χ0) is 12.6. The van der Waals surface area contributed by atoms with Gasteiger partial charge in [-0.3, -0.25) is 19.8 Å². The Kier molecular flexibility index (Phi) is 2.55. The monoisotopic (exact) mass is 233 g/mol. The van der Waals surface area contributed by atoms with Crippen LogP contribution in [0.15, 0.2) is 23.9 Å². The Hall–Kier alpha value is -2.37. The summed E-state index contributed by atoms with van der Waals surface area (Å²) in [6.45, 7) is 0. The van der Waals surface area contributed by atoms with E-state index < -0.39 is 17.8 Å². The van der Waals surface area contributed by atoms with Gasteiger partial charge in [-0.1, -0.05) is 0 Å². The molecule has 0 aromatic carbocycles. The number of urea groups is 1. The van der Waals surface area contributed by atoms with Crippen LogP contribution < -0.4 is 5.32 Å². The number of aromatic nitrogens is 1. The molecule has 1 aromatic rings. The van der Waals surface area contributed by atoms with Crippen LogP contribution >= 0.6 is 0 Å². The molecule has 0 atom stereocenters. The molecule has 1 fully saturated rings. The molecule has 1 aromatic heterocycles. The van der Waals surface area contributed by atoms with Crippen molar-refractivity contribution in [3.63, 3.8) is 0 Å². The Balaban J connectivity index is 2.41. The number of carbonyl (C=O) groups excluding carboxylic acids is 3. The first-order chi connectivity index (χ1) is 8.00. The van der Waals surface area contributed by atoms with E-state index in [-0.39, 0.29) is 5.57 Å². The number of hydrogen-bond acceptors (Lipinski definition) is 3. The Morgan fingerprint density at radius 2 is 1.94 bits per heavy atom. The molecule has 17 heavy (non-hydrogen) atoms. The van der Waals surface area contributed by atoms with E-state index in [1.807, 2.05) is 0 Å². The van der Waals surface area contributed by atoms with Crippen LogP contribution in [-0.2, 0) is 16.6 Å². The van der Waals surface area contributed by atoms with Gasteiger partial charge in [-0.25, -0.2) is 4.79 Å². The van der Waals surface area contributed by atoms with Gasteiger partial charge in [0.25, 0.3) is 11.8 Å². The predicted octanol–water partition coefficient (Wildman–Crippen LogP) is 0.117. The van der Waals surface area contributed by atoms with Crippen molar-refractivity contribution >= 4 is 23.9 Å². The Labute approximate surface area is 97.5 Å². The van der Waals surface area contributed by atoms with Crippen LogP contribution in [0.1, 0.15) is 5.69 Å². The molecule has 1 aliphatic rings. The molecule has 0 saturated carbocycles. The molecule has 1 N–H and O–H groups in total. The largest absolute Gasteiger partial charge is 0.351 e. The smallest absolute Gasteiger partial charge is 0.331 e. The minimum atomic E-state index is -0.705. The van der Waals surface area contributed by atoms with E-state index in [2.05, 4.69) is 5.32 Å². The van der Waals surface area contributed by atoms with Crippen molar-refractivity contribution < 1.29 is 14.4 Å². The van der Waals surface area contributed by atoms with Gasteiger partial charge in [0.15, 0.2) is 0 Å². The highest BCUT2D eigenvalue weighted by atomic mass is 16.2. The minimum Gasteiger partial charge on any atom is -0.351 e. The number of nitrogens with one attached hydrogen (secondary N) is 1.